The van der Waals surface area contributed by atoms with Crippen molar-refractivity contribution in [2.45, 2.75) is 39.1 Å². The molecule has 0 saturated carbocycles. The van der Waals surface area contributed by atoms with Crippen LogP contribution in [-0.4, -0.2) is 32.3 Å². The lowest BCUT2D eigenvalue weighted by atomic mass is 10.1. The lowest BCUT2D eigenvalue weighted by Crippen LogP contribution is -2.27. The van der Waals surface area contributed by atoms with Crippen LogP contribution in [0.2, 0.25) is 0 Å². The molecule has 3 aromatic rings. The van der Waals surface area contributed by atoms with Crippen molar-refractivity contribution in [1.29, 1.82) is 0 Å². The second-order valence-corrected chi connectivity index (χ2v) is 10.1. The number of carbonyl (C=O) groups is 1. The smallest absolute Gasteiger partial charge is 0.255 e. The van der Waals surface area contributed by atoms with Gasteiger partial charge in [-0.25, -0.2) is 8.42 Å². The van der Waals surface area contributed by atoms with E-state index in [0.29, 0.717) is 23.5 Å². The zero-order valence-electron chi connectivity index (χ0n) is 19.7. The number of anilines is 1. The Balaban J connectivity index is 1.89. The second-order valence-electron chi connectivity index (χ2n) is 8.10. The summed E-state index contributed by atoms with van der Waals surface area (Å²) in [5.74, 6) is 0.281. The number of carbonyl (C=O) groups excluding carboxylic acids is 1. The predicted molar refractivity (Wildman–Crippen MR) is 131 cm³/mol. The Kier molecular flexibility index (Phi) is 7.56. The number of amides is 1. The fourth-order valence-corrected chi connectivity index (χ4v) is 4.57. The summed E-state index contributed by atoms with van der Waals surface area (Å²) in [7, 11) is -2.18. The summed E-state index contributed by atoms with van der Waals surface area (Å²) in [6.07, 6.45) is 0. The Morgan fingerprint density at radius 3 is 2.27 bits per heavy atom. The molecule has 0 saturated heterocycles. The number of rotatable bonds is 8. The molecule has 0 aliphatic carbocycles. The highest BCUT2D eigenvalue weighted by Crippen LogP contribution is 2.26. The van der Waals surface area contributed by atoms with Crippen molar-refractivity contribution in [3.63, 3.8) is 0 Å². The molecule has 1 N–H and O–H groups in total. The summed E-state index contributed by atoms with van der Waals surface area (Å²) in [5, 5.41) is 2.95. The van der Waals surface area contributed by atoms with E-state index in [2.05, 4.69) is 5.32 Å². The van der Waals surface area contributed by atoms with Crippen LogP contribution in [0.5, 0.6) is 5.75 Å². The minimum Gasteiger partial charge on any atom is -0.494 e. The molecule has 0 spiro atoms. The van der Waals surface area contributed by atoms with E-state index >= 15 is 0 Å². The van der Waals surface area contributed by atoms with Crippen molar-refractivity contribution in [2.75, 3.05) is 19.0 Å². The molecule has 174 valence electrons. The van der Waals surface area contributed by atoms with Gasteiger partial charge in [0.25, 0.3) is 5.91 Å². The van der Waals surface area contributed by atoms with Crippen LogP contribution in [0.15, 0.2) is 65.6 Å². The monoisotopic (exact) mass is 466 g/mol. The van der Waals surface area contributed by atoms with Gasteiger partial charge in [0.05, 0.1) is 11.5 Å². The van der Waals surface area contributed by atoms with Gasteiger partial charge in [-0.05, 0) is 75.2 Å². The van der Waals surface area contributed by atoms with Crippen LogP contribution in [-0.2, 0) is 16.6 Å². The van der Waals surface area contributed by atoms with Gasteiger partial charge in [0, 0.05) is 30.4 Å². The number of hydrogen-bond acceptors (Lipinski definition) is 4. The molecule has 6 nitrogen and oxygen atoms in total. The van der Waals surface area contributed by atoms with Crippen molar-refractivity contribution in [2.24, 2.45) is 0 Å². The van der Waals surface area contributed by atoms with Crippen molar-refractivity contribution < 1.29 is 17.9 Å². The van der Waals surface area contributed by atoms with Gasteiger partial charge in [0.15, 0.2) is 0 Å². The SMILES string of the molecule is CCOc1ccc(C(=O)Nc2cc(C)ccc2C)cc1CN(C)S(=O)(=O)c1ccc(C)cc1. The Bertz CT molecular complexity index is 1250. The maximum absolute atomic E-state index is 13.1. The van der Waals surface area contributed by atoms with Gasteiger partial charge >= 0.3 is 0 Å². The van der Waals surface area contributed by atoms with E-state index in [4.69, 9.17) is 4.74 Å². The summed E-state index contributed by atoms with van der Waals surface area (Å²) >= 11 is 0. The van der Waals surface area contributed by atoms with Gasteiger partial charge in [0.1, 0.15) is 5.75 Å². The zero-order chi connectivity index (χ0) is 24.2. The molecule has 3 rings (SSSR count). The van der Waals surface area contributed by atoms with Crippen LogP contribution in [0.1, 0.15) is 39.5 Å². The van der Waals surface area contributed by atoms with Crippen LogP contribution >= 0.6 is 0 Å². The number of nitrogens with zero attached hydrogens (tertiary/aromatic N) is 1. The van der Waals surface area contributed by atoms with Crippen LogP contribution < -0.4 is 10.1 Å². The van der Waals surface area contributed by atoms with E-state index < -0.39 is 10.0 Å². The Morgan fingerprint density at radius 2 is 1.61 bits per heavy atom. The predicted octanol–water partition coefficient (Wildman–Crippen LogP) is 5.08. The number of nitrogens with one attached hydrogen (secondary N) is 1. The lowest BCUT2D eigenvalue weighted by molar-refractivity contribution is 0.102. The van der Waals surface area contributed by atoms with Gasteiger partial charge in [-0.15, -0.1) is 0 Å². The van der Waals surface area contributed by atoms with E-state index in [1.165, 1.54) is 11.4 Å². The largest absolute Gasteiger partial charge is 0.494 e. The third-order valence-corrected chi connectivity index (χ3v) is 7.20. The standard InChI is InChI=1S/C26H30N2O4S/c1-6-32-25-14-11-21(26(29)27-24-15-19(3)7-10-20(24)4)16-22(25)17-28(5)33(30,31)23-12-8-18(2)9-13-23/h7-16H,6,17H2,1-5H3,(H,27,29). The number of sulfonamides is 1. The van der Waals surface area contributed by atoms with Crippen LogP contribution in [0.3, 0.4) is 0 Å². The fraction of sp³-hybridized carbons (Fsp3) is 0.269. The molecule has 33 heavy (non-hydrogen) atoms. The molecule has 0 aliphatic heterocycles. The van der Waals surface area contributed by atoms with E-state index in [9.17, 15) is 13.2 Å². The normalized spacial score (nSPS) is 11.5. The molecule has 0 aliphatic rings. The summed E-state index contributed by atoms with van der Waals surface area (Å²) < 4.78 is 33.1. The number of aryl methyl sites for hydroxylation is 3. The minimum atomic E-state index is -3.70. The first-order valence-corrected chi connectivity index (χ1v) is 12.2. The Hall–Kier alpha value is -3.16. The maximum atomic E-state index is 13.1. The van der Waals surface area contributed by atoms with E-state index in [1.54, 1.807) is 42.5 Å². The average Bonchev–Trinajstić information content (AvgIpc) is 2.77. The fourth-order valence-electron chi connectivity index (χ4n) is 3.42. The van der Waals surface area contributed by atoms with Gasteiger partial charge in [-0.2, -0.15) is 4.31 Å². The molecule has 0 heterocycles. The number of hydrogen-bond donors (Lipinski definition) is 1. The van der Waals surface area contributed by atoms with Crippen molar-refractivity contribution in [3.8, 4) is 5.75 Å². The Morgan fingerprint density at radius 1 is 0.939 bits per heavy atom. The summed E-state index contributed by atoms with van der Waals surface area (Å²) in [4.78, 5) is 13.2. The van der Waals surface area contributed by atoms with E-state index in [1.807, 2.05) is 45.9 Å². The van der Waals surface area contributed by atoms with E-state index in [-0.39, 0.29) is 17.3 Å². The zero-order valence-corrected chi connectivity index (χ0v) is 20.5. The third-order valence-electron chi connectivity index (χ3n) is 5.39. The molecule has 0 aromatic heterocycles. The first kappa shape index (κ1) is 24.5. The topological polar surface area (TPSA) is 75.7 Å². The van der Waals surface area contributed by atoms with Gasteiger partial charge in [-0.3, -0.25) is 4.79 Å². The molecular formula is C26H30N2O4S. The molecule has 7 heteroatoms. The second kappa shape index (κ2) is 10.2. The Labute approximate surface area is 196 Å². The summed E-state index contributed by atoms with van der Waals surface area (Å²) in [6, 6.07) is 17.7. The molecule has 0 fully saturated rings. The van der Waals surface area contributed by atoms with Crippen molar-refractivity contribution >= 4 is 21.6 Å². The minimum absolute atomic E-state index is 0.0656. The quantitative estimate of drug-likeness (QED) is 0.502. The maximum Gasteiger partial charge on any atom is 0.255 e. The highest BCUT2D eigenvalue weighted by atomic mass is 32.2. The van der Waals surface area contributed by atoms with Crippen LogP contribution in [0.25, 0.3) is 0 Å². The first-order chi connectivity index (χ1) is 15.6. The summed E-state index contributed by atoms with van der Waals surface area (Å²) in [5.41, 5.74) is 4.78. The van der Waals surface area contributed by atoms with Crippen LogP contribution in [0, 0.1) is 20.8 Å². The highest BCUT2D eigenvalue weighted by molar-refractivity contribution is 7.89. The lowest BCUT2D eigenvalue weighted by Gasteiger charge is -2.20. The first-order valence-electron chi connectivity index (χ1n) is 10.8. The molecular weight excluding hydrogens is 436 g/mol. The highest BCUT2D eigenvalue weighted by Gasteiger charge is 2.23. The molecule has 3 aromatic carbocycles. The number of benzene rings is 3. The van der Waals surface area contributed by atoms with Crippen molar-refractivity contribution in [1.82, 2.24) is 4.31 Å². The molecule has 1 amide bonds. The molecule has 0 radical (unpaired) electrons. The third kappa shape index (κ3) is 5.80. The van der Waals surface area contributed by atoms with Crippen LogP contribution in [0.4, 0.5) is 5.69 Å². The number of ether oxygens (including phenoxy) is 1. The molecule has 0 atom stereocenters. The van der Waals surface area contributed by atoms with Gasteiger partial charge < -0.3 is 10.1 Å². The molecule has 0 bridgehead atoms. The summed E-state index contributed by atoms with van der Waals surface area (Å²) in [6.45, 7) is 8.16. The van der Waals surface area contributed by atoms with Gasteiger partial charge in [-0.1, -0.05) is 29.8 Å². The molecule has 0 unspecified atom stereocenters. The van der Waals surface area contributed by atoms with E-state index in [0.717, 1.165) is 22.4 Å². The average molecular weight is 467 g/mol. The van der Waals surface area contributed by atoms with Crippen molar-refractivity contribution in [3.05, 3.63) is 88.5 Å². The van der Waals surface area contributed by atoms with Gasteiger partial charge in [0.2, 0.25) is 10.0 Å².